The number of amides is 2. The largest absolute Gasteiger partial charge is 0.468 e. The number of hydrogen-bond donors (Lipinski definition) is 2. The number of ether oxygens (including phenoxy) is 2. The van der Waals surface area contributed by atoms with Crippen LogP contribution < -0.4 is 20.1 Å². The van der Waals surface area contributed by atoms with Crippen LogP contribution in [0.5, 0.6) is 11.5 Å². The summed E-state index contributed by atoms with van der Waals surface area (Å²) in [5, 5.41) is 5.43. The summed E-state index contributed by atoms with van der Waals surface area (Å²) < 4.78 is 16.3. The highest BCUT2D eigenvalue weighted by Crippen LogP contribution is 2.32. The van der Waals surface area contributed by atoms with Crippen molar-refractivity contribution in [2.24, 2.45) is 0 Å². The van der Waals surface area contributed by atoms with Crippen LogP contribution in [-0.2, 0) is 29.1 Å². The van der Waals surface area contributed by atoms with Crippen LogP contribution in [0, 0.1) is 0 Å². The Labute approximate surface area is 191 Å². The number of fused-ring (bicyclic) bond motifs is 2. The lowest BCUT2D eigenvalue weighted by atomic mass is 9.98. The molecular weight excluding hydrogens is 422 g/mol. The summed E-state index contributed by atoms with van der Waals surface area (Å²) in [7, 11) is 0. The van der Waals surface area contributed by atoms with E-state index in [-0.39, 0.29) is 25.9 Å². The maximum atomic E-state index is 12.5. The Balaban J connectivity index is 1.18. The van der Waals surface area contributed by atoms with E-state index in [1.54, 1.807) is 18.4 Å². The van der Waals surface area contributed by atoms with Gasteiger partial charge in [0.1, 0.15) is 5.76 Å². The maximum Gasteiger partial charge on any atom is 0.309 e. The molecule has 0 unspecified atom stereocenters. The second kappa shape index (κ2) is 9.38. The van der Waals surface area contributed by atoms with Crippen molar-refractivity contribution >= 4 is 11.8 Å². The molecule has 5 rings (SSSR count). The first kappa shape index (κ1) is 21.1. The minimum Gasteiger partial charge on any atom is -0.468 e. The van der Waals surface area contributed by atoms with Crippen LogP contribution in [0.3, 0.4) is 0 Å². The molecule has 0 spiro atoms. The monoisotopic (exact) mass is 447 g/mol. The Morgan fingerprint density at radius 2 is 1.76 bits per heavy atom. The van der Waals surface area contributed by atoms with Crippen molar-refractivity contribution in [2.45, 2.75) is 25.6 Å². The van der Waals surface area contributed by atoms with Gasteiger partial charge in [-0.15, -0.1) is 0 Å². The van der Waals surface area contributed by atoms with Gasteiger partial charge in [-0.05, 0) is 47.4 Å². The van der Waals surface area contributed by atoms with E-state index in [0.717, 1.165) is 30.8 Å². The molecule has 3 aromatic rings. The minimum absolute atomic E-state index is 0.168. The normalized spacial score (nSPS) is 15.5. The summed E-state index contributed by atoms with van der Waals surface area (Å²) in [4.78, 5) is 27.1. The number of nitrogens with zero attached hydrogens (tertiary/aromatic N) is 1. The minimum atomic E-state index is -0.685. The third kappa shape index (κ3) is 4.70. The molecule has 0 radical (unpaired) electrons. The highest BCUT2D eigenvalue weighted by atomic mass is 16.7. The van der Waals surface area contributed by atoms with Gasteiger partial charge in [0, 0.05) is 26.2 Å². The van der Waals surface area contributed by atoms with Gasteiger partial charge in [-0.2, -0.15) is 0 Å². The van der Waals surface area contributed by atoms with Gasteiger partial charge in [-0.25, -0.2) is 0 Å². The number of benzene rings is 2. The van der Waals surface area contributed by atoms with Crippen molar-refractivity contribution in [2.75, 3.05) is 19.9 Å². The quantitative estimate of drug-likeness (QED) is 0.564. The molecular formula is C25H25N3O5. The average Bonchev–Trinajstić information content (AvgIpc) is 3.54. The van der Waals surface area contributed by atoms with E-state index in [0.29, 0.717) is 11.5 Å². The lowest BCUT2D eigenvalue weighted by Gasteiger charge is -2.34. The smallest absolute Gasteiger partial charge is 0.309 e. The van der Waals surface area contributed by atoms with Gasteiger partial charge >= 0.3 is 11.8 Å². The first-order chi connectivity index (χ1) is 16.2. The molecule has 3 heterocycles. The summed E-state index contributed by atoms with van der Waals surface area (Å²) in [6, 6.07) is 17.3. The second-order valence-corrected chi connectivity index (χ2v) is 8.10. The Kier molecular flexibility index (Phi) is 5.99. The van der Waals surface area contributed by atoms with Crippen LogP contribution in [0.4, 0.5) is 0 Å². The van der Waals surface area contributed by atoms with Crippen LogP contribution in [0.1, 0.15) is 28.5 Å². The van der Waals surface area contributed by atoms with E-state index >= 15 is 0 Å². The molecule has 2 N–H and O–H groups in total. The van der Waals surface area contributed by atoms with Crippen LogP contribution in [0.2, 0.25) is 0 Å². The first-order valence-electron chi connectivity index (χ1n) is 11.0. The summed E-state index contributed by atoms with van der Waals surface area (Å²) in [6.07, 6.45) is 2.55. The van der Waals surface area contributed by atoms with Gasteiger partial charge in [0.2, 0.25) is 6.79 Å². The number of hydrogen-bond acceptors (Lipinski definition) is 6. The molecule has 170 valence electrons. The summed E-state index contributed by atoms with van der Waals surface area (Å²) in [5.41, 5.74) is 3.44. The van der Waals surface area contributed by atoms with E-state index in [2.05, 4.69) is 33.7 Å². The zero-order valence-electron chi connectivity index (χ0n) is 18.1. The van der Waals surface area contributed by atoms with Crippen molar-refractivity contribution in [1.29, 1.82) is 0 Å². The third-order valence-corrected chi connectivity index (χ3v) is 6.02. The van der Waals surface area contributed by atoms with Crippen molar-refractivity contribution in [3.63, 3.8) is 0 Å². The molecule has 0 bridgehead atoms. The lowest BCUT2D eigenvalue weighted by Crippen LogP contribution is -2.45. The molecule has 1 aromatic heterocycles. The van der Waals surface area contributed by atoms with Gasteiger partial charge in [0.15, 0.2) is 11.5 Å². The first-order valence-corrected chi connectivity index (χ1v) is 11.0. The van der Waals surface area contributed by atoms with Crippen LogP contribution >= 0.6 is 0 Å². The SMILES string of the molecule is O=C(NCc1ccc2c(c1)OCO2)C(=O)NC[C@H](c1ccco1)N1CCc2ccccc2C1. The predicted molar refractivity (Wildman–Crippen MR) is 119 cm³/mol. The van der Waals surface area contributed by atoms with E-state index in [9.17, 15) is 9.59 Å². The number of carbonyl (C=O) groups is 2. The number of carbonyl (C=O) groups excluding carboxylic acids is 2. The van der Waals surface area contributed by atoms with E-state index in [1.165, 1.54) is 11.1 Å². The molecule has 8 nitrogen and oxygen atoms in total. The zero-order chi connectivity index (χ0) is 22.6. The van der Waals surface area contributed by atoms with Gasteiger partial charge < -0.3 is 24.5 Å². The van der Waals surface area contributed by atoms with Crippen LogP contribution in [0.25, 0.3) is 0 Å². The van der Waals surface area contributed by atoms with Gasteiger partial charge in [0.25, 0.3) is 0 Å². The Morgan fingerprint density at radius 1 is 0.939 bits per heavy atom. The molecule has 0 aliphatic carbocycles. The fraction of sp³-hybridized carbons (Fsp3) is 0.280. The van der Waals surface area contributed by atoms with Crippen molar-refractivity contribution < 1.29 is 23.5 Å². The summed E-state index contributed by atoms with van der Waals surface area (Å²) >= 11 is 0. The van der Waals surface area contributed by atoms with Gasteiger partial charge in [-0.1, -0.05) is 30.3 Å². The third-order valence-electron chi connectivity index (χ3n) is 6.02. The molecule has 0 fully saturated rings. The molecule has 1 atom stereocenters. The van der Waals surface area contributed by atoms with E-state index < -0.39 is 11.8 Å². The molecule has 33 heavy (non-hydrogen) atoms. The Morgan fingerprint density at radius 3 is 2.61 bits per heavy atom. The fourth-order valence-electron chi connectivity index (χ4n) is 4.26. The van der Waals surface area contributed by atoms with Crippen LogP contribution in [0.15, 0.2) is 65.3 Å². The standard InChI is InChI=1S/C25H25N3O5/c29-24(26-13-17-7-8-22-23(12-17)33-16-32-22)25(30)27-14-20(21-6-3-11-31-21)28-10-9-18-4-1-2-5-19(18)15-28/h1-8,11-12,20H,9-10,13-16H2,(H,26,29)(H,27,30)/t20-/m1/s1. The molecule has 2 aliphatic heterocycles. The number of nitrogens with one attached hydrogen (secondary N) is 2. The molecule has 2 aliphatic rings. The van der Waals surface area contributed by atoms with E-state index in [1.807, 2.05) is 24.3 Å². The molecule has 2 amide bonds. The zero-order valence-corrected chi connectivity index (χ0v) is 18.1. The lowest BCUT2D eigenvalue weighted by molar-refractivity contribution is -0.139. The average molecular weight is 447 g/mol. The highest BCUT2D eigenvalue weighted by Gasteiger charge is 2.28. The van der Waals surface area contributed by atoms with Crippen molar-refractivity contribution in [1.82, 2.24) is 15.5 Å². The second-order valence-electron chi connectivity index (χ2n) is 8.10. The molecule has 2 aromatic carbocycles. The number of rotatable bonds is 6. The van der Waals surface area contributed by atoms with Crippen molar-refractivity contribution in [3.05, 3.63) is 83.3 Å². The maximum absolute atomic E-state index is 12.5. The van der Waals surface area contributed by atoms with Crippen LogP contribution in [-0.4, -0.2) is 36.6 Å². The fourth-order valence-corrected chi connectivity index (χ4v) is 4.26. The topological polar surface area (TPSA) is 93.0 Å². The highest BCUT2D eigenvalue weighted by molar-refractivity contribution is 6.35. The molecule has 0 saturated carbocycles. The summed E-state index contributed by atoms with van der Waals surface area (Å²) in [5.74, 6) is 0.706. The van der Waals surface area contributed by atoms with Gasteiger partial charge in [0.05, 0.1) is 12.3 Å². The van der Waals surface area contributed by atoms with E-state index in [4.69, 9.17) is 13.9 Å². The summed E-state index contributed by atoms with van der Waals surface area (Å²) in [6.45, 7) is 2.27. The van der Waals surface area contributed by atoms with Gasteiger partial charge in [-0.3, -0.25) is 14.5 Å². The molecule has 8 heteroatoms. The molecule has 0 saturated heterocycles. The van der Waals surface area contributed by atoms with Crippen molar-refractivity contribution in [3.8, 4) is 11.5 Å². The Bertz CT molecular complexity index is 1140. The predicted octanol–water partition coefficient (Wildman–Crippen LogP) is 2.54. The number of furan rings is 1. The Hall–Kier alpha value is -3.78.